The summed E-state index contributed by atoms with van der Waals surface area (Å²) in [7, 11) is 3.21. The minimum absolute atomic E-state index is 0.468. The molecular formula is C24H22N4O2. The zero-order valence-corrected chi connectivity index (χ0v) is 17.3. The lowest BCUT2D eigenvalue weighted by Crippen LogP contribution is -2.01. The van der Waals surface area contributed by atoms with Crippen molar-refractivity contribution in [1.82, 2.24) is 9.97 Å². The van der Waals surface area contributed by atoms with Gasteiger partial charge in [0.15, 0.2) is 11.5 Å². The number of hydrogen-bond acceptors (Lipinski definition) is 5. The van der Waals surface area contributed by atoms with Crippen molar-refractivity contribution in [2.75, 3.05) is 19.5 Å². The number of nitriles is 1. The summed E-state index contributed by atoms with van der Waals surface area (Å²) >= 11 is 0. The molecule has 6 nitrogen and oxygen atoms in total. The van der Waals surface area contributed by atoms with Crippen LogP contribution in [0.5, 0.6) is 11.5 Å². The quantitative estimate of drug-likeness (QED) is 0.465. The van der Waals surface area contributed by atoms with E-state index in [4.69, 9.17) is 9.47 Å². The van der Waals surface area contributed by atoms with E-state index in [1.54, 1.807) is 20.4 Å². The molecule has 4 rings (SSSR count). The van der Waals surface area contributed by atoms with E-state index in [1.165, 1.54) is 0 Å². The largest absolute Gasteiger partial charge is 0.493 e. The second kappa shape index (κ2) is 7.80. The number of hydrogen-bond donors (Lipinski definition) is 2. The van der Waals surface area contributed by atoms with Crippen LogP contribution in [0.25, 0.3) is 22.0 Å². The summed E-state index contributed by atoms with van der Waals surface area (Å²) in [6.07, 6.45) is 1.60. The van der Waals surface area contributed by atoms with Gasteiger partial charge in [-0.2, -0.15) is 5.26 Å². The van der Waals surface area contributed by atoms with Crippen LogP contribution >= 0.6 is 0 Å². The van der Waals surface area contributed by atoms with Crippen molar-refractivity contribution in [2.24, 2.45) is 0 Å². The van der Waals surface area contributed by atoms with Crippen LogP contribution in [-0.4, -0.2) is 24.2 Å². The van der Waals surface area contributed by atoms with Gasteiger partial charge in [0.05, 0.1) is 25.5 Å². The third kappa shape index (κ3) is 3.42. The summed E-state index contributed by atoms with van der Waals surface area (Å²) in [4.78, 5) is 7.77. The van der Waals surface area contributed by atoms with Gasteiger partial charge in [-0.3, -0.25) is 4.98 Å². The van der Waals surface area contributed by atoms with Crippen molar-refractivity contribution < 1.29 is 9.47 Å². The molecule has 0 aliphatic rings. The third-order valence-electron chi connectivity index (χ3n) is 5.09. The van der Waals surface area contributed by atoms with E-state index < -0.39 is 0 Å². The summed E-state index contributed by atoms with van der Waals surface area (Å²) in [6, 6.07) is 16.1. The van der Waals surface area contributed by atoms with Crippen molar-refractivity contribution in [3.05, 3.63) is 65.6 Å². The summed E-state index contributed by atoms with van der Waals surface area (Å²) in [5.74, 6) is 1.26. The Morgan fingerprint density at radius 1 is 1.00 bits per heavy atom. The molecule has 0 radical (unpaired) electrons. The van der Waals surface area contributed by atoms with Crippen molar-refractivity contribution in [1.29, 1.82) is 5.26 Å². The number of nitrogens with one attached hydrogen (secondary N) is 2. The van der Waals surface area contributed by atoms with Crippen LogP contribution in [0.4, 0.5) is 11.4 Å². The van der Waals surface area contributed by atoms with Crippen molar-refractivity contribution >= 4 is 22.3 Å². The van der Waals surface area contributed by atoms with E-state index in [0.717, 1.165) is 39.1 Å². The van der Waals surface area contributed by atoms with Crippen LogP contribution < -0.4 is 14.8 Å². The fourth-order valence-corrected chi connectivity index (χ4v) is 3.67. The number of fused-ring (bicyclic) bond motifs is 1. The van der Waals surface area contributed by atoms with Crippen molar-refractivity contribution in [3.63, 3.8) is 0 Å². The summed E-state index contributed by atoms with van der Waals surface area (Å²) in [5.41, 5.74) is 6.79. The van der Waals surface area contributed by atoms with E-state index in [1.807, 2.05) is 44.2 Å². The van der Waals surface area contributed by atoms with Crippen LogP contribution in [0.1, 0.15) is 17.0 Å². The van der Waals surface area contributed by atoms with Gasteiger partial charge in [-0.25, -0.2) is 0 Å². The molecule has 0 aliphatic carbocycles. The minimum Gasteiger partial charge on any atom is -0.493 e. The number of rotatable bonds is 5. The lowest BCUT2D eigenvalue weighted by molar-refractivity contribution is 0.355. The normalized spacial score (nSPS) is 10.6. The zero-order valence-electron chi connectivity index (χ0n) is 17.3. The molecule has 2 heterocycles. The molecule has 150 valence electrons. The monoisotopic (exact) mass is 398 g/mol. The van der Waals surface area contributed by atoms with E-state index >= 15 is 0 Å². The molecule has 2 aromatic carbocycles. The molecule has 2 N–H and O–H groups in total. The van der Waals surface area contributed by atoms with E-state index in [-0.39, 0.29) is 0 Å². The molecule has 2 aromatic heterocycles. The van der Waals surface area contributed by atoms with Gasteiger partial charge >= 0.3 is 0 Å². The number of anilines is 2. The highest BCUT2D eigenvalue weighted by Gasteiger charge is 2.17. The molecule has 0 unspecified atom stereocenters. The Balaban J connectivity index is 1.86. The molecule has 0 saturated carbocycles. The average molecular weight is 398 g/mol. The molecule has 6 heteroatoms. The predicted molar refractivity (Wildman–Crippen MR) is 119 cm³/mol. The maximum absolute atomic E-state index is 9.74. The fourth-order valence-electron chi connectivity index (χ4n) is 3.67. The molecule has 0 atom stereocenters. The molecular weight excluding hydrogens is 376 g/mol. The Kier molecular flexibility index (Phi) is 5.03. The lowest BCUT2D eigenvalue weighted by Gasteiger charge is -2.17. The van der Waals surface area contributed by atoms with Crippen LogP contribution in [0.2, 0.25) is 0 Å². The topological polar surface area (TPSA) is 83.0 Å². The van der Waals surface area contributed by atoms with E-state index in [9.17, 15) is 5.26 Å². The second-order valence-corrected chi connectivity index (χ2v) is 7.07. The van der Waals surface area contributed by atoms with Gasteiger partial charge in [0.1, 0.15) is 6.07 Å². The van der Waals surface area contributed by atoms with E-state index in [0.29, 0.717) is 22.7 Å². The zero-order chi connectivity index (χ0) is 21.3. The molecule has 4 aromatic rings. The van der Waals surface area contributed by atoms with Gasteiger partial charge in [0.2, 0.25) is 0 Å². The SMILES string of the molecule is COc1ccc(-c2c(C)ncc(C#N)c2Nc2ccc3[nH]c(C)cc3c2)cc1OC. The van der Waals surface area contributed by atoms with Gasteiger partial charge < -0.3 is 19.8 Å². The highest BCUT2D eigenvalue weighted by molar-refractivity contribution is 5.90. The summed E-state index contributed by atoms with van der Waals surface area (Å²) < 4.78 is 10.8. The number of benzene rings is 2. The summed E-state index contributed by atoms with van der Waals surface area (Å²) in [6.45, 7) is 3.96. The van der Waals surface area contributed by atoms with Gasteiger partial charge in [-0.15, -0.1) is 0 Å². The van der Waals surface area contributed by atoms with Crippen LogP contribution in [0.15, 0.2) is 48.7 Å². The average Bonchev–Trinajstić information content (AvgIpc) is 3.13. The third-order valence-corrected chi connectivity index (χ3v) is 5.09. The Morgan fingerprint density at radius 3 is 2.53 bits per heavy atom. The predicted octanol–water partition coefficient (Wildman–Crippen LogP) is 5.48. The molecule has 0 fully saturated rings. The Hall–Kier alpha value is -3.98. The first kappa shape index (κ1) is 19.3. The van der Waals surface area contributed by atoms with E-state index in [2.05, 4.69) is 33.5 Å². The first-order chi connectivity index (χ1) is 14.5. The molecule has 0 aliphatic heterocycles. The standard InChI is InChI=1S/C24H22N4O2/c1-14-9-17-10-19(6-7-20(17)27-14)28-24-18(12-25)13-26-15(2)23(24)16-5-8-21(29-3)22(11-16)30-4/h5-11,13,27H,1-4H3,(H,26,28). The maximum Gasteiger partial charge on any atom is 0.161 e. The molecule has 0 saturated heterocycles. The Morgan fingerprint density at radius 2 is 1.80 bits per heavy atom. The van der Waals surface area contributed by atoms with Crippen molar-refractivity contribution in [2.45, 2.75) is 13.8 Å². The smallest absolute Gasteiger partial charge is 0.161 e. The van der Waals surface area contributed by atoms with Gasteiger partial charge in [-0.05, 0) is 55.8 Å². The number of pyridine rings is 1. The highest BCUT2D eigenvalue weighted by Crippen LogP contribution is 2.39. The Labute approximate surface area is 175 Å². The lowest BCUT2D eigenvalue weighted by atomic mass is 9.99. The molecule has 30 heavy (non-hydrogen) atoms. The number of aromatic amines is 1. The van der Waals surface area contributed by atoms with Crippen LogP contribution in [0.3, 0.4) is 0 Å². The maximum atomic E-state index is 9.74. The number of H-pyrrole nitrogens is 1. The molecule has 0 bridgehead atoms. The minimum atomic E-state index is 0.468. The number of nitrogens with zero attached hydrogens (tertiary/aromatic N) is 2. The number of aryl methyl sites for hydroxylation is 2. The first-order valence-corrected chi connectivity index (χ1v) is 9.52. The number of methoxy groups -OCH3 is 2. The number of ether oxygens (including phenoxy) is 2. The van der Waals surface area contributed by atoms with Gasteiger partial charge in [0, 0.05) is 39.7 Å². The molecule has 0 spiro atoms. The van der Waals surface area contributed by atoms with Gasteiger partial charge in [-0.1, -0.05) is 6.07 Å². The van der Waals surface area contributed by atoms with Crippen molar-refractivity contribution in [3.8, 4) is 28.7 Å². The summed E-state index contributed by atoms with van der Waals surface area (Å²) in [5, 5.41) is 14.3. The van der Waals surface area contributed by atoms with Gasteiger partial charge in [0.25, 0.3) is 0 Å². The number of aromatic nitrogens is 2. The first-order valence-electron chi connectivity index (χ1n) is 9.52. The fraction of sp³-hybridized carbons (Fsp3) is 0.167. The highest BCUT2D eigenvalue weighted by atomic mass is 16.5. The van der Waals surface area contributed by atoms with Crippen LogP contribution in [0, 0.1) is 25.2 Å². The second-order valence-electron chi connectivity index (χ2n) is 7.07. The Bertz CT molecular complexity index is 1280. The van der Waals surface area contributed by atoms with Crippen LogP contribution in [-0.2, 0) is 0 Å². The molecule has 0 amide bonds.